The maximum Gasteiger partial charge on any atom is 0.269 e. The number of benzene rings is 2. The van der Waals surface area contributed by atoms with Crippen molar-refractivity contribution in [1.29, 1.82) is 0 Å². The van der Waals surface area contributed by atoms with Gasteiger partial charge in [-0.1, -0.05) is 39.3 Å². The second kappa shape index (κ2) is 7.97. The second-order valence-electron chi connectivity index (χ2n) is 5.62. The zero-order valence-corrected chi connectivity index (χ0v) is 15.5. The van der Waals surface area contributed by atoms with Gasteiger partial charge in [0.1, 0.15) is 24.3 Å². The predicted octanol–water partition coefficient (Wildman–Crippen LogP) is 5.48. The number of nitro groups is 1. The number of oxime groups is 1. The molecule has 0 spiro atoms. The van der Waals surface area contributed by atoms with Gasteiger partial charge in [0.15, 0.2) is 0 Å². The smallest absolute Gasteiger partial charge is 0.269 e. The molecule has 0 aliphatic heterocycles. The number of rotatable bonds is 6. The van der Waals surface area contributed by atoms with Gasteiger partial charge in [-0.2, -0.15) is 0 Å². The van der Waals surface area contributed by atoms with Crippen molar-refractivity contribution in [1.82, 2.24) is 0 Å². The molecule has 0 amide bonds. The fourth-order valence-corrected chi connectivity index (χ4v) is 3.04. The van der Waals surface area contributed by atoms with Crippen LogP contribution in [0, 0.1) is 17.0 Å². The van der Waals surface area contributed by atoms with Crippen molar-refractivity contribution in [2.75, 3.05) is 0 Å². The highest BCUT2D eigenvalue weighted by atomic mass is 79.9. The molecular weight excluding hydrogens is 400 g/mol. The maximum absolute atomic E-state index is 10.7. The molecule has 0 bridgehead atoms. The van der Waals surface area contributed by atoms with Gasteiger partial charge in [0, 0.05) is 22.2 Å². The van der Waals surface area contributed by atoms with Crippen LogP contribution in [0.2, 0.25) is 0 Å². The Kier molecular flexibility index (Phi) is 5.48. The van der Waals surface area contributed by atoms with Gasteiger partial charge in [-0.05, 0) is 42.3 Å². The lowest BCUT2D eigenvalue weighted by atomic mass is 10.1. The molecular formula is C19H15BrN2O4. The summed E-state index contributed by atoms with van der Waals surface area (Å²) in [7, 11) is 0. The Hall–Kier alpha value is -2.93. The maximum atomic E-state index is 10.7. The Balaban J connectivity index is 1.62. The highest BCUT2D eigenvalue weighted by Crippen LogP contribution is 2.30. The fraction of sp³-hybridized carbons (Fsp3) is 0.105. The van der Waals surface area contributed by atoms with E-state index in [1.165, 1.54) is 18.3 Å². The highest BCUT2D eigenvalue weighted by molar-refractivity contribution is 9.10. The van der Waals surface area contributed by atoms with Gasteiger partial charge in [0.05, 0.1) is 4.92 Å². The Bertz CT molecular complexity index is 966. The van der Waals surface area contributed by atoms with Crippen LogP contribution < -0.4 is 0 Å². The van der Waals surface area contributed by atoms with E-state index in [9.17, 15) is 10.1 Å². The lowest BCUT2D eigenvalue weighted by molar-refractivity contribution is -0.384. The predicted molar refractivity (Wildman–Crippen MR) is 102 cm³/mol. The first-order valence-corrected chi connectivity index (χ1v) is 8.57. The zero-order chi connectivity index (χ0) is 18.5. The third-order valence-electron chi connectivity index (χ3n) is 3.62. The topological polar surface area (TPSA) is 77.9 Å². The Morgan fingerprint density at radius 3 is 2.85 bits per heavy atom. The molecule has 26 heavy (non-hydrogen) atoms. The molecule has 0 N–H and O–H groups in total. The molecule has 1 heterocycles. The lowest BCUT2D eigenvalue weighted by Crippen LogP contribution is -1.92. The van der Waals surface area contributed by atoms with Crippen LogP contribution in [0.3, 0.4) is 0 Å². The fourth-order valence-electron chi connectivity index (χ4n) is 2.35. The largest absolute Gasteiger partial charge is 0.455 e. The number of nitrogens with zero attached hydrogens (tertiary/aromatic N) is 2. The number of hydrogen-bond acceptors (Lipinski definition) is 5. The van der Waals surface area contributed by atoms with Crippen LogP contribution in [0.4, 0.5) is 5.69 Å². The van der Waals surface area contributed by atoms with E-state index in [4.69, 9.17) is 9.25 Å². The van der Waals surface area contributed by atoms with Crippen LogP contribution >= 0.6 is 15.9 Å². The summed E-state index contributed by atoms with van der Waals surface area (Å²) in [4.78, 5) is 15.5. The normalized spacial score (nSPS) is 11.0. The first-order chi connectivity index (χ1) is 12.5. The molecule has 0 radical (unpaired) electrons. The Morgan fingerprint density at radius 1 is 1.23 bits per heavy atom. The van der Waals surface area contributed by atoms with Gasteiger partial charge in [-0.25, -0.2) is 0 Å². The molecule has 3 aromatic rings. The molecule has 0 atom stereocenters. The van der Waals surface area contributed by atoms with E-state index in [1.54, 1.807) is 18.2 Å². The third-order valence-corrected chi connectivity index (χ3v) is 4.28. The molecule has 1 aromatic heterocycles. The van der Waals surface area contributed by atoms with Gasteiger partial charge >= 0.3 is 0 Å². The minimum absolute atomic E-state index is 0.0226. The molecule has 7 heteroatoms. The SMILES string of the molecule is Cc1ccc(-c2ccc(/C=N/OCc3cccc([N+](=O)[O-])c3)o2)c(Br)c1. The molecule has 0 unspecified atom stereocenters. The van der Waals surface area contributed by atoms with Crippen LogP contribution in [-0.2, 0) is 11.4 Å². The number of halogens is 1. The van der Waals surface area contributed by atoms with Crippen molar-refractivity contribution >= 4 is 27.8 Å². The number of nitro benzene ring substituents is 1. The van der Waals surface area contributed by atoms with Crippen molar-refractivity contribution < 1.29 is 14.2 Å². The summed E-state index contributed by atoms with van der Waals surface area (Å²) < 4.78 is 6.70. The molecule has 0 saturated heterocycles. The molecule has 2 aromatic carbocycles. The van der Waals surface area contributed by atoms with Gasteiger partial charge in [-0.15, -0.1) is 0 Å². The van der Waals surface area contributed by atoms with E-state index in [0.717, 1.165) is 21.4 Å². The van der Waals surface area contributed by atoms with Crippen LogP contribution in [0.15, 0.2) is 68.6 Å². The summed E-state index contributed by atoms with van der Waals surface area (Å²) in [6.07, 6.45) is 1.46. The molecule has 3 rings (SSSR count). The summed E-state index contributed by atoms with van der Waals surface area (Å²) in [6.45, 7) is 2.16. The first kappa shape index (κ1) is 17.9. The average Bonchev–Trinajstić information content (AvgIpc) is 3.07. The summed E-state index contributed by atoms with van der Waals surface area (Å²) >= 11 is 3.53. The summed E-state index contributed by atoms with van der Waals surface area (Å²) in [5.74, 6) is 1.27. The monoisotopic (exact) mass is 414 g/mol. The molecule has 0 fully saturated rings. The summed E-state index contributed by atoms with van der Waals surface area (Å²) in [5, 5.41) is 14.6. The number of hydrogen-bond donors (Lipinski definition) is 0. The van der Waals surface area contributed by atoms with Gasteiger partial charge < -0.3 is 9.25 Å². The van der Waals surface area contributed by atoms with Crippen molar-refractivity contribution in [3.05, 3.63) is 86.1 Å². The van der Waals surface area contributed by atoms with E-state index in [0.29, 0.717) is 11.3 Å². The zero-order valence-electron chi connectivity index (χ0n) is 13.9. The number of non-ortho nitro benzene ring substituents is 1. The van der Waals surface area contributed by atoms with E-state index in [2.05, 4.69) is 21.1 Å². The van der Waals surface area contributed by atoms with E-state index < -0.39 is 4.92 Å². The highest BCUT2D eigenvalue weighted by Gasteiger charge is 2.08. The molecule has 0 aliphatic rings. The van der Waals surface area contributed by atoms with Gasteiger partial charge in [0.2, 0.25) is 0 Å². The standard InChI is InChI=1S/C19H15BrN2O4/c1-13-5-7-17(18(20)9-13)19-8-6-16(26-19)11-21-25-12-14-3-2-4-15(10-14)22(23)24/h2-11H,12H2,1H3/b21-11+. The van der Waals surface area contributed by atoms with Crippen LogP contribution in [0.5, 0.6) is 0 Å². The molecule has 0 aliphatic carbocycles. The Labute approximate surface area is 158 Å². The average molecular weight is 415 g/mol. The van der Waals surface area contributed by atoms with Crippen LogP contribution in [0.1, 0.15) is 16.9 Å². The lowest BCUT2D eigenvalue weighted by Gasteiger charge is -2.02. The quantitative estimate of drug-likeness (QED) is 0.304. The molecule has 132 valence electrons. The third kappa shape index (κ3) is 4.37. The number of furan rings is 1. The van der Waals surface area contributed by atoms with Gasteiger partial charge in [-0.3, -0.25) is 10.1 Å². The minimum Gasteiger partial charge on any atom is -0.455 e. The van der Waals surface area contributed by atoms with E-state index in [-0.39, 0.29) is 12.3 Å². The Morgan fingerprint density at radius 2 is 2.08 bits per heavy atom. The minimum atomic E-state index is -0.444. The van der Waals surface area contributed by atoms with Crippen molar-refractivity contribution in [2.24, 2.45) is 5.16 Å². The van der Waals surface area contributed by atoms with Gasteiger partial charge in [0.25, 0.3) is 5.69 Å². The number of aryl methyl sites for hydroxylation is 1. The van der Waals surface area contributed by atoms with Crippen molar-refractivity contribution in [3.63, 3.8) is 0 Å². The van der Waals surface area contributed by atoms with Crippen molar-refractivity contribution in [3.8, 4) is 11.3 Å². The first-order valence-electron chi connectivity index (χ1n) is 7.78. The molecule has 6 nitrogen and oxygen atoms in total. The summed E-state index contributed by atoms with van der Waals surface area (Å²) in [6, 6.07) is 15.9. The van der Waals surface area contributed by atoms with Crippen LogP contribution in [-0.4, -0.2) is 11.1 Å². The van der Waals surface area contributed by atoms with Crippen molar-refractivity contribution in [2.45, 2.75) is 13.5 Å². The van der Waals surface area contributed by atoms with E-state index >= 15 is 0 Å². The molecule has 0 saturated carbocycles. The van der Waals surface area contributed by atoms with E-state index in [1.807, 2.05) is 31.2 Å². The van der Waals surface area contributed by atoms with Crippen LogP contribution in [0.25, 0.3) is 11.3 Å². The summed E-state index contributed by atoms with van der Waals surface area (Å²) in [5.41, 5.74) is 2.80. The second-order valence-corrected chi connectivity index (χ2v) is 6.47.